The third-order valence-electron chi connectivity index (χ3n) is 26.5. The highest BCUT2D eigenvalue weighted by Gasteiger charge is 2.54. The summed E-state index contributed by atoms with van der Waals surface area (Å²) in [6.07, 6.45) is 0. The maximum absolute atomic E-state index is 2.52. The molecule has 5 heterocycles. The molecule has 2 aliphatic carbocycles. The van der Waals surface area contributed by atoms with Gasteiger partial charge in [-0.15, -0.1) is 0 Å². The van der Waals surface area contributed by atoms with E-state index >= 15 is 0 Å². The van der Waals surface area contributed by atoms with E-state index in [0.717, 1.165) is 0 Å². The van der Waals surface area contributed by atoms with E-state index in [4.69, 9.17) is 0 Å². The van der Waals surface area contributed by atoms with Crippen LogP contribution in [0.15, 0.2) is 406 Å². The van der Waals surface area contributed by atoms with Gasteiger partial charge in [-0.3, -0.25) is 0 Å². The summed E-state index contributed by atoms with van der Waals surface area (Å²) in [5.74, 6) is 0. The van der Waals surface area contributed by atoms with Crippen LogP contribution in [0.2, 0.25) is 0 Å². The maximum atomic E-state index is 2.52. The number of benzene rings is 17. The molecule has 5 heteroatoms. The van der Waals surface area contributed by atoms with Crippen LogP contribution in [-0.2, 0) is 21.7 Å². The van der Waals surface area contributed by atoms with Crippen molar-refractivity contribution in [1.82, 2.24) is 13.7 Å². The summed E-state index contributed by atoms with van der Waals surface area (Å²) >= 11 is 0. The molecule has 0 radical (unpaired) electrons. The van der Waals surface area contributed by atoms with Crippen molar-refractivity contribution in [2.24, 2.45) is 0 Å². The SMILES string of the molecule is CC(C)(C)N1c2ccccc2C2(c3ccccc3-c3ccccc32)c2ccccc21.CC(C)(C)c1ccc2c(c1)c1cc(-c3ccc4c(c3)c3ccccc3n4-c3ccccc3)ccc1n2-c1ccccc1.CC(C)(C)c1ccc2c(c1)c1ccccc1n2-c1ccccc1.CC(C)N1c2ccccc2C2(c3ccccc3-c3ccccc32)c2ccccc21. The number of aromatic nitrogens is 3. The topological polar surface area (TPSA) is 21.3 Å². The Bertz CT molecular complexity index is 7350. The molecule has 0 unspecified atom stereocenters. The largest absolute Gasteiger partial charge is 0.338 e. The molecule has 3 aromatic heterocycles. The minimum atomic E-state index is -0.290. The van der Waals surface area contributed by atoms with Crippen molar-refractivity contribution >= 4 is 88.2 Å². The monoisotopic (exact) mass is 1600 g/mol. The Balaban J connectivity index is 0.000000104. The van der Waals surface area contributed by atoms with Crippen molar-refractivity contribution < 1.29 is 0 Å². The molecule has 602 valence electrons. The molecular weight excluding hydrogens is 1500 g/mol. The van der Waals surface area contributed by atoms with E-state index in [-0.39, 0.29) is 27.2 Å². The van der Waals surface area contributed by atoms with Gasteiger partial charge in [0.05, 0.1) is 43.9 Å². The molecule has 4 aliphatic rings. The third kappa shape index (κ3) is 12.2. The molecule has 2 aliphatic heterocycles. The van der Waals surface area contributed by atoms with Crippen LogP contribution >= 0.6 is 0 Å². The van der Waals surface area contributed by atoms with Crippen molar-refractivity contribution in [1.29, 1.82) is 0 Å². The number of hydrogen-bond acceptors (Lipinski definition) is 2. The molecule has 20 aromatic rings. The summed E-state index contributed by atoms with van der Waals surface area (Å²) in [4.78, 5) is 5.02. The Morgan fingerprint density at radius 1 is 0.218 bits per heavy atom. The van der Waals surface area contributed by atoms with E-state index in [2.05, 4.69) is 506 Å². The van der Waals surface area contributed by atoms with Crippen molar-refractivity contribution in [3.63, 3.8) is 0 Å². The Kier molecular flexibility index (Phi) is 18.5. The van der Waals surface area contributed by atoms with E-state index in [1.165, 1.54) is 194 Å². The van der Waals surface area contributed by atoms with E-state index in [9.17, 15) is 0 Å². The van der Waals surface area contributed by atoms with Crippen LogP contribution in [0.1, 0.15) is 132 Å². The molecule has 0 amide bonds. The molecule has 0 N–H and O–H groups in total. The van der Waals surface area contributed by atoms with Crippen molar-refractivity contribution in [2.75, 3.05) is 9.80 Å². The first-order valence-electron chi connectivity index (χ1n) is 44.0. The van der Waals surface area contributed by atoms with E-state index in [1.807, 2.05) is 0 Å². The molecule has 124 heavy (non-hydrogen) atoms. The zero-order valence-electron chi connectivity index (χ0n) is 72.5. The van der Waals surface area contributed by atoms with Crippen LogP contribution in [0.4, 0.5) is 22.7 Å². The Hall–Kier alpha value is -14.3. The number of nitrogens with zero attached hydrogens (tertiary/aromatic N) is 5. The summed E-state index contributed by atoms with van der Waals surface area (Å²) < 4.78 is 7.13. The molecule has 0 saturated heterocycles. The number of para-hydroxylation sites is 9. The number of rotatable bonds is 5. The molecule has 0 atom stereocenters. The smallest absolute Gasteiger partial charge is 0.0754 e. The summed E-state index contributed by atoms with van der Waals surface area (Å²) in [6, 6.07) is 149. The minimum Gasteiger partial charge on any atom is -0.338 e. The minimum absolute atomic E-state index is 0.0363. The predicted octanol–water partition coefficient (Wildman–Crippen LogP) is 31.1. The normalized spacial score (nSPS) is 13.6. The highest BCUT2D eigenvalue weighted by Crippen LogP contribution is 2.65. The van der Waals surface area contributed by atoms with Crippen LogP contribution in [0.3, 0.4) is 0 Å². The lowest BCUT2D eigenvalue weighted by atomic mass is 9.64. The van der Waals surface area contributed by atoms with E-state index in [0.29, 0.717) is 6.04 Å². The molecular formula is C119H101N5. The summed E-state index contributed by atoms with van der Waals surface area (Å²) in [6.45, 7) is 25.1. The highest BCUT2D eigenvalue weighted by molar-refractivity contribution is 6.14. The Morgan fingerprint density at radius 3 is 0.798 bits per heavy atom. The molecule has 0 saturated carbocycles. The lowest BCUT2D eigenvalue weighted by Crippen LogP contribution is -2.45. The second-order valence-electron chi connectivity index (χ2n) is 37.2. The van der Waals surface area contributed by atoms with Gasteiger partial charge in [0.2, 0.25) is 0 Å². The van der Waals surface area contributed by atoms with Crippen LogP contribution in [-0.4, -0.2) is 25.3 Å². The van der Waals surface area contributed by atoms with Crippen LogP contribution in [0.5, 0.6) is 0 Å². The maximum Gasteiger partial charge on any atom is 0.0754 e. The quantitative estimate of drug-likeness (QED) is 0.171. The first-order chi connectivity index (χ1) is 60.3. The zero-order chi connectivity index (χ0) is 84.5. The van der Waals surface area contributed by atoms with Crippen molar-refractivity contribution in [3.8, 4) is 50.4 Å². The third-order valence-corrected chi connectivity index (χ3v) is 26.5. The molecule has 24 rings (SSSR count). The van der Waals surface area contributed by atoms with Crippen LogP contribution in [0.25, 0.3) is 116 Å². The van der Waals surface area contributed by atoms with Gasteiger partial charge in [-0.25, -0.2) is 0 Å². The molecule has 5 nitrogen and oxygen atoms in total. The average molecular weight is 1600 g/mol. The van der Waals surface area contributed by atoms with Gasteiger partial charge in [0.1, 0.15) is 0 Å². The summed E-state index contributed by atoms with van der Waals surface area (Å²) in [7, 11) is 0. The molecule has 17 aromatic carbocycles. The second-order valence-corrected chi connectivity index (χ2v) is 37.2. The van der Waals surface area contributed by atoms with Gasteiger partial charge in [0.25, 0.3) is 0 Å². The van der Waals surface area contributed by atoms with Crippen LogP contribution in [0, 0.1) is 0 Å². The van der Waals surface area contributed by atoms with Gasteiger partial charge < -0.3 is 23.5 Å². The Labute approximate surface area is 728 Å². The number of anilines is 4. The van der Waals surface area contributed by atoms with Gasteiger partial charge in [-0.05, 0) is 256 Å². The fourth-order valence-electron chi connectivity index (χ4n) is 21.3. The molecule has 0 bridgehead atoms. The first-order valence-corrected chi connectivity index (χ1v) is 44.0. The fraction of sp³-hybridized carbons (Fsp3) is 0.143. The second kappa shape index (κ2) is 29.8. The van der Waals surface area contributed by atoms with Gasteiger partial charge in [-0.2, -0.15) is 0 Å². The summed E-state index contributed by atoms with van der Waals surface area (Å²) in [5.41, 5.74) is 37.5. The van der Waals surface area contributed by atoms with Gasteiger partial charge in [0, 0.05) is 83.7 Å². The lowest BCUT2D eigenvalue weighted by Gasteiger charge is -2.49. The van der Waals surface area contributed by atoms with E-state index in [1.54, 1.807) is 0 Å². The van der Waals surface area contributed by atoms with E-state index < -0.39 is 0 Å². The molecule has 2 spiro atoms. The van der Waals surface area contributed by atoms with Gasteiger partial charge in [-0.1, -0.05) is 327 Å². The lowest BCUT2D eigenvalue weighted by molar-refractivity contribution is 0.544. The fourth-order valence-corrected chi connectivity index (χ4v) is 21.3. The highest BCUT2D eigenvalue weighted by atomic mass is 15.2. The average Bonchev–Trinajstić information content (AvgIpc) is 1.47. The number of hydrogen-bond donors (Lipinski definition) is 0. The molecule has 0 fully saturated rings. The van der Waals surface area contributed by atoms with Gasteiger partial charge >= 0.3 is 0 Å². The van der Waals surface area contributed by atoms with Gasteiger partial charge in [0.15, 0.2) is 0 Å². The zero-order valence-corrected chi connectivity index (χ0v) is 72.5. The number of fused-ring (bicyclic) bond motifs is 27. The van der Waals surface area contributed by atoms with Crippen LogP contribution < -0.4 is 9.80 Å². The first kappa shape index (κ1) is 77.1. The van der Waals surface area contributed by atoms with Crippen molar-refractivity contribution in [3.05, 3.63) is 462 Å². The standard InChI is InChI=1S/C40H32N2.C29H25N.C28H23N.C22H21N/c1-40(2,3)29-20-23-39-35(26-29)34-25-28(19-22-38(34)42(39)31-14-8-5-9-15-31)27-18-21-37-33(24-27)32-16-10-11-17-36(32)41(37)30-12-6-4-7-13-30;1-28(2,3)30-26-18-10-8-16-24(26)29(25-17-9-11-19-27(25)30)22-14-6-4-12-20(22)21-13-5-7-15-23(21)29;1-19(2)29-26-17-9-7-15-24(26)28(25-16-8-10-18-27(25)29)22-13-5-3-11-20(22)21-12-4-6-14-23(21)28;1-22(2,3)16-13-14-21-19(15-16)18-11-7-8-12-20(18)23(21)17-9-5-4-6-10-17/h4-26H,1-3H3;4-19H,1-3H3;3-19H,1-2H3;4-15H,1-3H3. The summed E-state index contributed by atoms with van der Waals surface area (Å²) in [5, 5.41) is 7.77. The Morgan fingerprint density at radius 2 is 0.468 bits per heavy atom. The predicted molar refractivity (Wildman–Crippen MR) is 525 cm³/mol. The van der Waals surface area contributed by atoms with Crippen molar-refractivity contribution in [2.45, 2.75) is 109 Å².